The van der Waals surface area contributed by atoms with Crippen LogP contribution in [0.4, 0.5) is 4.79 Å². The van der Waals surface area contributed by atoms with Crippen LogP contribution >= 0.6 is 0 Å². The van der Waals surface area contributed by atoms with Crippen LogP contribution in [-0.4, -0.2) is 83.9 Å². The second kappa shape index (κ2) is 8.86. The molecule has 0 unspecified atom stereocenters. The van der Waals surface area contributed by atoms with Crippen LogP contribution in [0.3, 0.4) is 0 Å². The van der Waals surface area contributed by atoms with Gasteiger partial charge in [-0.3, -0.25) is 4.90 Å². The lowest BCUT2D eigenvalue weighted by molar-refractivity contribution is -0.0725. The molecule has 4 aliphatic rings. The fraction of sp³-hybridized carbons (Fsp3) is 0.741. The van der Waals surface area contributed by atoms with Gasteiger partial charge in [0.1, 0.15) is 0 Å². The Morgan fingerprint density at radius 1 is 1.03 bits per heavy atom. The van der Waals surface area contributed by atoms with Gasteiger partial charge in [0.15, 0.2) is 0 Å². The highest BCUT2D eigenvalue weighted by molar-refractivity contribution is 5.78. The lowest BCUT2D eigenvalue weighted by atomic mass is 9.67. The number of aliphatic hydroxyl groups is 1. The monoisotopic (exact) mass is 455 g/mol. The van der Waals surface area contributed by atoms with Crippen LogP contribution in [0.5, 0.6) is 0 Å². The molecule has 0 atom stereocenters. The quantitative estimate of drug-likeness (QED) is 0.708. The Hall–Kier alpha value is -1.63. The van der Waals surface area contributed by atoms with Gasteiger partial charge in [-0.15, -0.1) is 0 Å². The Balaban J connectivity index is 1.38. The third-order valence-electron chi connectivity index (χ3n) is 9.29. The summed E-state index contributed by atoms with van der Waals surface area (Å²) in [5.74, 6) is 0.528. The molecule has 0 radical (unpaired) electrons. The first-order chi connectivity index (χ1) is 15.9. The molecule has 2 amide bonds. The van der Waals surface area contributed by atoms with Crippen molar-refractivity contribution in [3.8, 4) is 0 Å². The zero-order valence-corrected chi connectivity index (χ0v) is 20.5. The first kappa shape index (κ1) is 23.1. The van der Waals surface area contributed by atoms with E-state index in [0.29, 0.717) is 12.5 Å². The van der Waals surface area contributed by atoms with Gasteiger partial charge in [-0.1, -0.05) is 30.3 Å². The third-order valence-corrected chi connectivity index (χ3v) is 9.29. The Morgan fingerprint density at radius 2 is 1.70 bits per heavy atom. The molecule has 5 rings (SSSR count). The van der Waals surface area contributed by atoms with E-state index in [1.807, 2.05) is 0 Å². The molecule has 0 aromatic heterocycles. The van der Waals surface area contributed by atoms with E-state index in [0.717, 1.165) is 84.1 Å². The van der Waals surface area contributed by atoms with Gasteiger partial charge in [-0.25, -0.2) is 4.79 Å². The summed E-state index contributed by atoms with van der Waals surface area (Å²) in [7, 11) is 4.38. The SMILES string of the molecule is CN(C)C1(c2ccccc2)CCC2(CC1)CN(CC1CCOCC1)C(=O)N2CC1(O)CCC1. The van der Waals surface area contributed by atoms with E-state index >= 15 is 0 Å². The lowest BCUT2D eigenvalue weighted by Crippen LogP contribution is -2.59. The van der Waals surface area contributed by atoms with E-state index < -0.39 is 5.60 Å². The number of nitrogens with zero attached hydrogens (tertiary/aromatic N) is 3. The smallest absolute Gasteiger partial charge is 0.320 e. The van der Waals surface area contributed by atoms with E-state index in [1.54, 1.807) is 0 Å². The molecule has 33 heavy (non-hydrogen) atoms. The molecule has 2 heterocycles. The van der Waals surface area contributed by atoms with Gasteiger partial charge >= 0.3 is 6.03 Å². The third kappa shape index (κ3) is 4.19. The maximum Gasteiger partial charge on any atom is 0.320 e. The Bertz CT molecular complexity index is 824. The Labute approximate surface area is 198 Å². The van der Waals surface area contributed by atoms with Gasteiger partial charge in [0, 0.05) is 31.8 Å². The van der Waals surface area contributed by atoms with Crippen LogP contribution in [0.2, 0.25) is 0 Å². The van der Waals surface area contributed by atoms with E-state index in [2.05, 4.69) is 59.1 Å². The summed E-state index contributed by atoms with van der Waals surface area (Å²) in [4.78, 5) is 20.3. The zero-order valence-electron chi connectivity index (χ0n) is 20.5. The number of rotatable bonds is 6. The van der Waals surface area contributed by atoms with Gasteiger partial charge in [0.2, 0.25) is 0 Å². The Kier molecular flexibility index (Phi) is 6.21. The van der Waals surface area contributed by atoms with Crippen molar-refractivity contribution < 1.29 is 14.6 Å². The molecule has 6 heteroatoms. The number of hydrogen-bond acceptors (Lipinski definition) is 4. The first-order valence-corrected chi connectivity index (χ1v) is 13.0. The first-order valence-electron chi connectivity index (χ1n) is 13.0. The zero-order chi connectivity index (χ0) is 23.1. The van der Waals surface area contributed by atoms with E-state index in [1.165, 1.54) is 5.56 Å². The van der Waals surface area contributed by atoms with E-state index in [4.69, 9.17) is 4.74 Å². The number of carbonyl (C=O) groups is 1. The molecule has 6 nitrogen and oxygen atoms in total. The topological polar surface area (TPSA) is 56.2 Å². The summed E-state index contributed by atoms with van der Waals surface area (Å²) in [6.45, 7) is 3.75. The average Bonchev–Trinajstić information content (AvgIpc) is 3.05. The number of amides is 2. The average molecular weight is 456 g/mol. The van der Waals surface area contributed by atoms with Gasteiger partial charge in [-0.05, 0) is 83.4 Å². The molecule has 2 aliphatic carbocycles. The summed E-state index contributed by atoms with van der Waals surface area (Å²) >= 11 is 0. The van der Waals surface area contributed by atoms with Crippen molar-refractivity contribution in [2.45, 2.75) is 74.5 Å². The van der Waals surface area contributed by atoms with Crippen molar-refractivity contribution >= 4 is 6.03 Å². The van der Waals surface area contributed by atoms with Gasteiger partial charge < -0.3 is 19.6 Å². The van der Waals surface area contributed by atoms with Gasteiger partial charge in [0.05, 0.1) is 17.7 Å². The van der Waals surface area contributed by atoms with Crippen LogP contribution in [0.15, 0.2) is 30.3 Å². The fourth-order valence-corrected chi connectivity index (χ4v) is 6.84. The molecule has 1 aromatic rings. The number of urea groups is 1. The molecule has 4 fully saturated rings. The molecule has 0 bridgehead atoms. The highest BCUT2D eigenvalue weighted by Crippen LogP contribution is 2.50. The predicted octanol–water partition coefficient (Wildman–Crippen LogP) is 3.84. The number of ether oxygens (including phenoxy) is 1. The Morgan fingerprint density at radius 3 is 2.27 bits per heavy atom. The van der Waals surface area contributed by atoms with E-state index in [9.17, 15) is 9.90 Å². The predicted molar refractivity (Wildman–Crippen MR) is 129 cm³/mol. The van der Waals surface area contributed by atoms with Gasteiger partial charge in [-0.2, -0.15) is 0 Å². The maximum atomic E-state index is 13.7. The molecule has 2 saturated heterocycles. The highest BCUT2D eigenvalue weighted by Gasteiger charge is 2.56. The van der Waals surface area contributed by atoms with Crippen molar-refractivity contribution in [2.75, 3.05) is 46.9 Å². The molecular formula is C27H41N3O3. The van der Waals surface area contributed by atoms with Crippen molar-refractivity contribution in [2.24, 2.45) is 5.92 Å². The molecule has 1 aromatic carbocycles. The summed E-state index contributed by atoms with van der Waals surface area (Å²) < 4.78 is 5.55. The van der Waals surface area contributed by atoms with Crippen molar-refractivity contribution in [3.63, 3.8) is 0 Å². The fourth-order valence-electron chi connectivity index (χ4n) is 6.84. The normalized spacial score (nSPS) is 32.5. The van der Waals surface area contributed by atoms with Crippen molar-refractivity contribution in [1.82, 2.24) is 14.7 Å². The summed E-state index contributed by atoms with van der Waals surface area (Å²) in [5, 5.41) is 11.0. The summed E-state index contributed by atoms with van der Waals surface area (Å²) in [6, 6.07) is 11.0. The van der Waals surface area contributed by atoms with Crippen molar-refractivity contribution in [3.05, 3.63) is 35.9 Å². The van der Waals surface area contributed by atoms with Gasteiger partial charge in [0.25, 0.3) is 0 Å². The minimum absolute atomic E-state index is 0.00271. The molecule has 182 valence electrons. The number of carbonyl (C=O) groups excluding carboxylic acids is 1. The standard InChI is InChI=1S/C27H41N3O3/c1-28(2)27(23-7-4-3-5-8-23)15-13-25(14-16-27)20-29(19-22-9-17-33-18-10-22)24(31)30(25)21-26(32)11-6-12-26/h3-5,7-8,22,32H,6,9-21H2,1-2H3. The maximum absolute atomic E-state index is 13.7. The largest absolute Gasteiger partial charge is 0.388 e. The number of hydrogen-bond donors (Lipinski definition) is 1. The van der Waals surface area contributed by atoms with E-state index in [-0.39, 0.29) is 17.1 Å². The van der Waals surface area contributed by atoms with Crippen LogP contribution in [0.1, 0.15) is 63.4 Å². The molecule has 1 spiro atoms. The van der Waals surface area contributed by atoms with Crippen molar-refractivity contribution in [1.29, 1.82) is 0 Å². The minimum atomic E-state index is -0.688. The van der Waals surface area contributed by atoms with Crippen LogP contribution < -0.4 is 0 Å². The second-order valence-electron chi connectivity index (χ2n) is 11.4. The molecular weight excluding hydrogens is 414 g/mol. The lowest BCUT2D eigenvalue weighted by Gasteiger charge is -2.52. The molecule has 2 saturated carbocycles. The second-order valence-corrected chi connectivity index (χ2v) is 11.4. The van der Waals surface area contributed by atoms with Crippen LogP contribution in [-0.2, 0) is 10.3 Å². The number of benzene rings is 1. The summed E-state index contributed by atoms with van der Waals surface area (Å²) in [6.07, 6.45) is 8.79. The highest BCUT2D eigenvalue weighted by atomic mass is 16.5. The van der Waals surface area contributed by atoms with Crippen LogP contribution in [0, 0.1) is 5.92 Å². The molecule has 2 aliphatic heterocycles. The number of β-amino-alcohol motifs (C(OH)–C–C–N with tert-alkyl or cyclic N) is 1. The van der Waals surface area contributed by atoms with Crippen LogP contribution in [0.25, 0.3) is 0 Å². The minimum Gasteiger partial charge on any atom is -0.388 e. The summed E-state index contributed by atoms with van der Waals surface area (Å²) in [5.41, 5.74) is 0.523. The molecule has 1 N–H and O–H groups in total.